The number of nitrogens with zero attached hydrogens (tertiary/aromatic N) is 1. The minimum Gasteiger partial charge on any atom is -0.372 e. The van der Waals surface area contributed by atoms with Crippen LogP contribution in [0.15, 0.2) is 54.6 Å². The molecule has 0 spiro atoms. The molecule has 104 valence electrons. The predicted octanol–water partition coefficient (Wildman–Crippen LogP) is 2.63. The van der Waals surface area contributed by atoms with Gasteiger partial charge in [0.1, 0.15) is 0 Å². The van der Waals surface area contributed by atoms with Gasteiger partial charge in [0, 0.05) is 31.9 Å². The Hall–Kier alpha value is -1.84. The molecular formula is C17H21N3. The molecule has 0 saturated carbocycles. The van der Waals surface area contributed by atoms with Crippen LogP contribution in [-0.2, 0) is 0 Å². The van der Waals surface area contributed by atoms with Gasteiger partial charge in [-0.1, -0.05) is 42.5 Å². The second-order valence-corrected chi connectivity index (χ2v) is 5.15. The summed E-state index contributed by atoms with van der Waals surface area (Å²) < 4.78 is 0. The molecule has 0 bridgehead atoms. The van der Waals surface area contributed by atoms with Crippen molar-refractivity contribution in [2.24, 2.45) is 0 Å². The van der Waals surface area contributed by atoms with Gasteiger partial charge in [0.05, 0.1) is 6.67 Å². The molecule has 1 heterocycles. The molecule has 0 amide bonds. The number of hydrogen-bond donors (Lipinski definition) is 2. The Labute approximate surface area is 120 Å². The molecule has 1 aliphatic rings. The molecule has 3 rings (SSSR count). The van der Waals surface area contributed by atoms with Crippen LogP contribution in [0.5, 0.6) is 0 Å². The molecule has 2 aromatic rings. The molecule has 0 atom stereocenters. The SMILES string of the molecule is c1ccc(-c2ccc(NCN3CCNCC3)cc2)cc1. The molecule has 1 saturated heterocycles. The number of benzene rings is 2. The van der Waals surface area contributed by atoms with Crippen LogP contribution in [0.2, 0.25) is 0 Å². The van der Waals surface area contributed by atoms with Gasteiger partial charge in [-0.2, -0.15) is 0 Å². The second kappa shape index (κ2) is 6.55. The van der Waals surface area contributed by atoms with E-state index in [1.165, 1.54) is 16.8 Å². The number of anilines is 1. The molecule has 2 N–H and O–H groups in total. The lowest BCUT2D eigenvalue weighted by atomic mass is 10.1. The topological polar surface area (TPSA) is 27.3 Å². The van der Waals surface area contributed by atoms with E-state index in [1.807, 2.05) is 6.07 Å². The first-order valence-corrected chi connectivity index (χ1v) is 7.24. The molecule has 0 aliphatic carbocycles. The van der Waals surface area contributed by atoms with Crippen molar-refractivity contribution in [3.05, 3.63) is 54.6 Å². The zero-order valence-electron chi connectivity index (χ0n) is 11.7. The Morgan fingerprint density at radius 3 is 2.20 bits per heavy atom. The Morgan fingerprint density at radius 2 is 1.50 bits per heavy atom. The highest BCUT2D eigenvalue weighted by Gasteiger charge is 2.08. The van der Waals surface area contributed by atoms with Gasteiger partial charge in [0.25, 0.3) is 0 Å². The van der Waals surface area contributed by atoms with E-state index in [0.717, 1.165) is 32.8 Å². The Balaban J connectivity index is 1.58. The van der Waals surface area contributed by atoms with Crippen molar-refractivity contribution in [3.63, 3.8) is 0 Å². The van der Waals surface area contributed by atoms with Crippen LogP contribution in [0, 0.1) is 0 Å². The molecule has 20 heavy (non-hydrogen) atoms. The lowest BCUT2D eigenvalue weighted by molar-refractivity contribution is 0.256. The monoisotopic (exact) mass is 267 g/mol. The van der Waals surface area contributed by atoms with Crippen molar-refractivity contribution < 1.29 is 0 Å². The average Bonchev–Trinajstić information content (AvgIpc) is 2.55. The van der Waals surface area contributed by atoms with Crippen molar-refractivity contribution in [2.45, 2.75) is 0 Å². The van der Waals surface area contributed by atoms with Crippen molar-refractivity contribution in [2.75, 3.05) is 38.2 Å². The van der Waals surface area contributed by atoms with Gasteiger partial charge < -0.3 is 10.6 Å². The highest BCUT2D eigenvalue weighted by atomic mass is 15.3. The quantitative estimate of drug-likeness (QED) is 0.891. The minimum absolute atomic E-state index is 0.923. The first-order chi connectivity index (χ1) is 9.92. The van der Waals surface area contributed by atoms with E-state index in [-0.39, 0.29) is 0 Å². The summed E-state index contributed by atoms with van der Waals surface area (Å²) in [6, 6.07) is 19.1. The van der Waals surface area contributed by atoms with Crippen molar-refractivity contribution >= 4 is 5.69 Å². The normalized spacial score (nSPS) is 16.0. The van der Waals surface area contributed by atoms with E-state index in [4.69, 9.17) is 0 Å². The molecule has 1 aliphatic heterocycles. The van der Waals surface area contributed by atoms with E-state index in [1.54, 1.807) is 0 Å². The summed E-state index contributed by atoms with van der Waals surface area (Å²) in [4.78, 5) is 2.43. The second-order valence-electron chi connectivity index (χ2n) is 5.15. The van der Waals surface area contributed by atoms with Gasteiger partial charge in [-0.25, -0.2) is 0 Å². The van der Waals surface area contributed by atoms with Crippen LogP contribution in [0.4, 0.5) is 5.69 Å². The largest absolute Gasteiger partial charge is 0.372 e. The smallest absolute Gasteiger partial charge is 0.0679 e. The minimum atomic E-state index is 0.923. The van der Waals surface area contributed by atoms with Gasteiger partial charge in [-0.05, 0) is 23.3 Å². The van der Waals surface area contributed by atoms with E-state index in [0.29, 0.717) is 0 Å². The molecule has 2 aromatic carbocycles. The van der Waals surface area contributed by atoms with Gasteiger partial charge in [-0.15, -0.1) is 0 Å². The number of rotatable bonds is 4. The first-order valence-electron chi connectivity index (χ1n) is 7.24. The molecule has 0 aromatic heterocycles. The summed E-state index contributed by atoms with van der Waals surface area (Å²) in [6.45, 7) is 5.35. The maximum absolute atomic E-state index is 3.49. The zero-order valence-corrected chi connectivity index (χ0v) is 11.7. The fourth-order valence-electron chi connectivity index (χ4n) is 2.48. The highest BCUT2D eigenvalue weighted by Crippen LogP contribution is 2.20. The van der Waals surface area contributed by atoms with E-state index in [9.17, 15) is 0 Å². The zero-order chi connectivity index (χ0) is 13.6. The average molecular weight is 267 g/mol. The lowest BCUT2D eigenvalue weighted by Crippen LogP contribution is -2.45. The third-order valence-electron chi connectivity index (χ3n) is 3.71. The summed E-state index contributed by atoms with van der Waals surface area (Å²) >= 11 is 0. The number of piperazine rings is 1. The lowest BCUT2D eigenvalue weighted by Gasteiger charge is -2.27. The summed E-state index contributed by atoms with van der Waals surface area (Å²) in [6.07, 6.45) is 0. The maximum Gasteiger partial charge on any atom is 0.0679 e. The summed E-state index contributed by atoms with van der Waals surface area (Å²) in [7, 11) is 0. The molecule has 0 radical (unpaired) electrons. The van der Waals surface area contributed by atoms with E-state index >= 15 is 0 Å². The van der Waals surface area contributed by atoms with Crippen LogP contribution in [-0.4, -0.2) is 37.7 Å². The Kier molecular flexibility index (Phi) is 4.31. The molecule has 1 fully saturated rings. The van der Waals surface area contributed by atoms with Crippen LogP contribution >= 0.6 is 0 Å². The number of hydrogen-bond acceptors (Lipinski definition) is 3. The predicted molar refractivity (Wildman–Crippen MR) is 84.8 cm³/mol. The fourth-order valence-corrected chi connectivity index (χ4v) is 2.48. The van der Waals surface area contributed by atoms with E-state index in [2.05, 4.69) is 64.1 Å². The van der Waals surface area contributed by atoms with Gasteiger partial charge in [0.15, 0.2) is 0 Å². The molecule has 0 unspecified atom stereocenters. The molecule has 3 nitrogen and oxygen atoms in total. The van der Waals surface area contributed by atoms with Gasteiger partial charge in [-0.3, -0.25) is 4.90 Å². The van der Waals surface area contributed by atoms with Crippen LogP contribution in [0.3, 0.4) is 0 Å². The molecular weight excluding hydrogens is 246 g/mol. The summed E-state index contributed by atoms with van der Waals surface area (Å²) in [5, 5.41) is 6.86. The number of nitrogens with one attached hydrogen (secondary N) is 2. The van der Waals surface area contributed by atoms with Crippen molar-refractivity contribution in [1.29, 1.82) is 0 Å². The standard InChI is InChI=1S/C17H21N3/c1-2-4-15(5-3-1)16-6-8-17(9-7-16)19-14-20-12-10-18-11-13-20/h1-9,18-19H,10-14H2. The van der Waals surface area contributed by atoms with Crippen LogP contribution < -0.4 is 10.6 Å². The van der Waals surface area contributed by atoms with Crippen molar-refractivity contribution in [3.8, 4) is 11.1 Å². The highest BCUT2D eigenvalue weighted by molar-refractivity contribution is 5.65. The van der Waals surface area contributed by atoms with Crippen LogP contribution in [0.1, 0.15) is 0 Å². The van der Waals surface area contributed by atoms with E-state index < -0.39 is 0 Å². The summed E-state index contributed by atoms with van der Waals surface area (Å²) in [5.74, 6) is 0. The maximum atomic E-state index is 3.49. The van der Waals surface area contributed by atoms with Crippen LogP contribution in [0.25, 0.3) is 11.1 Å². The third kappa shape index (κ3) is 3.38. The van der Waals surface area contributed by atoms with Crippen molar-refractivity contribution in [1.82, 2.24) is 10.2 Å². The Morgan fingerprint density at radius 1 is 0.850 bits per heavy atom. The Bertz CT molecular complexity index is 516. The fraction of sp³-hybridized carbons (Fsp3) is 0.294. The van der Waals surface area contributed by atoms with Gasteiger partial charge >= 0.3 is 0 Å². The summed E-state index contributed by atoms with van der Waals surface area (Å²) in [5.41, 5.74) is 3.71. The van der Waals surface area contributed by atoms with Gasteiger partial charge in [0.2, 0.25) is 0 Å². The third-order valence-corrected chi connectivity index (χ3v) is 3.71. The molecule has 3 heteroatoms. The first kappa shape index (κ1) is 13.2.